The maximum absolute atomic E-state index is 12.1. The van der Waals surface area contributed by atoms with Crippen LogP contribution in [0.3, 0.4) is 0 Å². The molecule has 0 saturated heterocycles. The molecule has 48 heavy (non-hydrogen) atoms. The summed E-state index contributed by atoms with van der Waals surface area (Å²) in [6.45, 7) is 35.6. The standard InChI is InChI=1S/C38H66N4O4Si2/c1-15-44-35(43)34-39-41-42(40-34)25-26(2)31-20-21-32-28(17-16-22-38(31,32)10)18-19-29-23-30(45-47(11,12)36(4,5)6)24-33(27(29)3)46-48(13,14)37(7,8)9/h18-19,26,30-33H,3,15-17,20-25H2,1-2,4-14H3/b28-18+,29-19-/t26-,30-,31-,32+,33+,38-/m1/s1. The first-order valence-electron chi connectivity index (χ1n) is 18.5. The van der Waals surface area contributed by atoms with Gasteiger partial charge >= 0.3 is 5.97 Å². The molecular weight excluding hydrogens is 633 g/mol. The minimum Gasteiger partial charge on any atom is -0.460 e. The van der Waals surface area contributed by atoms with E-state index < -0.39 is 22.6 Å². The molecule has 6 atom stereocenters. The highest BCUT2D eigenvalue weighted by Gasteiger charge is 2.51. The van der Waals surface area contributed by atoms with Crippen molar-refractivity contribution in [1.82, 2.24) is 20.2 Å². The molecule has 3 fully saturated rings. The zero-order valence-electron chi connectivity index (χ0n) is 32.5. The molecule has 0 N–H and O–H groups in total. The Morgan fingerprint density at radius 2 is 1.71 bits per heavy atom. The summed E-state index contributed by atoms with van der Waals surface area (Å²) in [7, 11) is -3.97. The minimum absolute atomic E-state index is 0.0119. The number of rotatable bonds is 10. The molecule has 0 radical (unpaired) electrons. The van der Waals surface area contributed by atoms with Crippen LogP contribution in [0.1, 0.15) is 118 Å². The molecule has 0 bridgehead atoms. The number of carbonyl (C=O) groups is 1. The molecule has 0 amide bonds. The quantitative estimate of drug-likeness (QED) is 0.178. The normalized spacial score (nSPS) is 29.7. The molecule has 3 aliphatic rings. The van der Waals surface area contributed by atoms with Crippen molar-refractivity contribution >= 4 is 22.6 Å². The SMILES string of the molecule is C=C1/C(=C\C=C2/CCC[C@]3(C)[C@@H]([C@H](C)Cn4nnc(C(=O)OCC)n4)CC[C@@H]23)C[C@@H](O[Si](C)(C)C(C)(C)C)C[C@@H]1O[Si](C)(C)C(C)(C)C. The monoisotopic (exact) mass is 698 g/mol. The van der Waals surface area contributed by atoms with Crippen LogP contribution in [0.15, 0.2) is 35.5 Å². The third-order valence-corrected chi connectivity index (χ3v) is 21.8. The van der Waals surface area contributed by atoms with Crippen LogP contribution in [0.4, 0.5) is 0 Å². The van der Waals surface area contributed by atoms with Crippen molar-refractivity contribution < 1.29 is 18.4 Å². The minimum atomic E-state index is -2.01. The van der Waals surface area contributed by atoms with Gasteiger partial charge in [-0.05, 0) is 121 Å². The van der Waals surface area contributed by atoms with E-state index in [0.717, 1.165) is 24.8 Å². The Morgan fingerprint density at radius 3 is 2.33 bits per heavy atom. The van der Waals surface area contributed by atoms with Crippen molar-refractivity contribution in [2.75, 3.05) is 6.61 Å². The van der Waals surface area contributed by atoms with Gasteiger partial charge in [-0.3, -0.25) is 0 Å². The average Bonchev–Trinajstić information content (AvgIpc) is 3.57. The molecule has 270 valence electrons. The highest BCUT2D eigenvalue weighted by Crippen LogP contribution is 2.59. The largest absolute Gasteiger partial charge is 0.460 e. The third kappa shape index (κ3) is 8.35. The van der Waals surface area contributed by atoms with E-state index in [1.165, 1.54) is 31.3 Å². The zero-order valence-corrected chi connectivity index (χ0v) is 34.5. The topological polar surface area (TPSA) is 88.4 Å². The summed E-state index contributed by atoms with van der Waals surface area (Å²) < 4.78 is 19.2. The Labute approximate surface area is 293 Å². The van der Waals surface area contributed by atoms with Gasteiger partial charge in [-0.2, -0.15) is 4.80 Å². The van der Waals surface area contributed by atoms with Gasteiger partial charge in [-0.25, -0.2) is 4.79 Å². The number of allylic oxidation sites excluding steroid dienone is 3. The number of nitrogens with zero attached hydrogens (tertiary/aromatic N) is 4. The lowest BCUT2D eigenvalue weighted by Crippen LogP contribution is -2.49. The van der Waals surface area contributed by atoms with E-state index in [1.54, 1.807) is 17.3 Å². The number of tetrazole rings is 1. The number of carbonyl (C=O) groups excluding carboxylic acids is 1. The summed E-state index contributed by atoms with van der Waals surface area (Å²) in [4.78, 5) is 13.7. The second kappa shape index (κ2) is 14.4. The summed E-state index contributed by atoms with van der Waals surface area (Å²) in [5, 5.41) is 12.7. The third-order valence-electron chi connectivity index (χ3n) is 12.8. The summed E-state index contributed by atoms with van der Waals surface area (Å²) in [5.74, 6) is 0.988. The maximum Gasteiger partial charge on any atom is 0.380 e. The lowest BCUT2D eigenvalue weighted by atomic mass is 9.61. The molecule has 1 aromatic heterocycles. The van der Waals surface area contributed by atoms with Crippen LogP contribution >= 0.6 is 0 Å². The number of ether oxygens (including phenoxy) is 1. The van der Waals surface area contributed by atoms with Crippen molar-refractivity contribution in [3.63, 3.8) is 0 Å². The molecule has 3 saturated carbocycles. The summed E-state index contributed by atoms with van der Waals surface area (Å²) in [6.07, 6.45) is 12.7. The number of hydrogen-bond donors (Lipinski definition) is 0. The van der Waals surface area contributed by atoms with Crippen LogP contribution in [-0.2, 0) is 20.1 Å². The van der Waals surface area contributed by atoms with Crippen LogP contribution in [0, 0.1) is 23.2 Å². The fourth-order valence-electron chi connectivity index (χ4n) is 7.96. The highest BCUT2D eigenvalue weighted by atomic mass is 28.4. The molecule has 0 unspecified atom stereocenters. The van der Waals surface area contributed by atoms with E-state index in [0.29, 0.717) is 30.9 Å². The first-order valence-corrected chi connectivity index (χ1v) is 24.3. The Balaban J connectivity index is 1.56. The van der Waals surface area contributed by atoms with Crippen LogP contribution in [-0.4, -0.2) is 61.6 Å². The first kappa shape index (κ1) is 38.9. The first-order chi connectivity index (χ1) is 22.1. The van der Waals surface area contributed by atoms with Gasteiger partial charge < -0.3 is 13.6 Å². The van der Waals surface area contributed by atoms with Crippen LogP contribution in [0.2, 0.25) is 36.3 Å². The smallest absolute Gasteiger partial charge is 0.380 e. The van der Waals surface area contributed by atoms with Gasteiger partial charge in [0.15, 0.2) is 16.6 Å². The van der Waals surface area contributed by atoms with Crippen LogP contribution in [0.25, 0.3) is 0 Å². The maximum atomic E-state index is 12.1. The van der Waals surface area contributed by atoms with E-state index >= 15 is 0 Å². The highest BCUT2D eigenvalue weighted by molar-refractivity contribution is 6.74. The van der Waals surface area contributed by atoms with Gasteiger partial charge in [0.2, 0.25) is 0 Å². The molecule has 0 aliphatic heterocycles. The molecule has 4 rings (SSSR count). The van der Waals surface area contributed by atoms with E-state index in [4.69, 9.17) is 13.6 Å². The summed E-state index contributed by atoms with van der Waals surface area (Å²) in [6, 6.07) is 0. The molecule has 8 nitrogen and oxygen atoms in total. The Hall–Kier alpha value is -1.89. The molecule has 3 aliphatic carbocycles. The lowest BCUT2D eigenvalue weighted by Gasteiger charge is -2.45. The van der Waals surface area contributed by atoms with Gasteiger partial charge in [0.1, 0.15) is 0 Å². The average molecular weight is 699 g/mol. The number of esters is 1. The Kier molecular flexibility index (Phi) is 11.7. The van der Waals surface area contributed by atoms with E-state index in [9.17, 15) is 4.79 Å². The van der Waals surface area contributed by atoms with Crippen molar-refractivity contribution in [3.8, 4) is 0 Å². The molecule has 1 heterocycles. The molecule has 0 spiro atoms. The Bertz CT molecular complexity index is 1390. The van der Waals surface area contributed by atoms with Gasteiger partial charge in [0.05, 0.1) is 25.4 Å². The van der Waals surface area contributed by atoms with Gasteiger partial charge in [0, 0.05) is 6.42 Å². The zero-order chi connectivity index (χ0) is 35.9. The fraction of sp³-hybridized carbons (Fsp3) is 0.789. The van der Waals surface area contributed by atoms with E-state index in [2.05, 4.69) is 116 Å². The van der Waals surface area contributed by atoms with Crippen LogP contribution in [0.5, 0.6) is 0 Å². The van der Waals surface area contributed by atoms with Gasteiger partial charge in [0.25, 0.3) is 5.82 Å². The molecule has 1 aromatic rings. The second-order valence-electron chi connectivity index (χ2n) is 18.2. The van der Waals surface area contributed by atoms with Crippen molar-refractivity contribution in [2.24, 2.45) is 23.2 Å². The predicted molar refractivity (Wildman–Crippen MR) is 200 cm³/mol. The molecule has 0 aromatic carbocycles. The number of fused-ring (bicyclic) bond motifs is 1. The number of aromatic nitrogens is 4. The summed E-state index contributed by atoms with van der Waals surface area (Å²) >= 11 is 0. The fourth-order valence-corrected chi connectivity index (χ4v) is 10.6. The Morgan fingerprint density at radius 1 is 1.06 bits per heavy atom. The van der Waals surface area contributed by atoms with E-state index in [-0.39, 0.29) is 33.5 Å². The van der Waals surface area contributed by atoms with Crippen molar-refractivity contribution in [3.05, 3.63) is 41.3 Å². The molecule has 10 heteroatoms. The second-order valence-corrected chi connectivity index (χ2v) is 27.7. The van der Waals surface area contributed by atoms with Gasteiger partial charge in [-0.15, -0.1) is 10.2 Å². The summed E-state index contributed by atoms with van der Waals surface area (Å²) in [5.41, 5.74) is 4.24. The predicted octanol–water partition coefficient (Wildman–Crippen LogP) is 9.69. The van der Waals surface area contributed by atoms with Crippen molar-refractivity contribution in [2.45, 2.75) is 162 Å². The van der Waals surface area contributed by atoms with Crippen molar-refractivity contribution in [1.29, 1.82) is 0 Å². The lowest BCUT2D eigenvalue weighted by molar-refractivity contribution is 0.0510. The van der Waals surface area contributed by atoms with E-state index in [1.807, 2.05) is 0 Å². The van der Waals surface area contributed by atoms with Crippen LogP contribution < -0.4 is 0 Å². The number of hydrogen-bond acceptors (Lipinski definition) is 7. The molecular formula is C38H66N4O4Si2. The van der Waals surface area contributed by atoms with Gasteiger partial charge in [-0.1, -0.05) is 79.7 Å².